The van der Waals surface area contributed by atoms with Gasteiger partial charge in [0.05, 0.1) is 10.6 Å². The number of hydrogen-bond donors (Lipinski definition) is 0. The summed E-state index contributed by atoms with van der Waals surface area (Å²) < 4.78 is 28.1. The van der Waals surface area contributed by atoms with Gasteiger partial charge in [0.15, 0.2) is 0 Å². The molecule has 0 saturated heterocycles. The second-order valence-electron chi connectivity index (χ2n) is 6.81. The molecule has 0 heterocycles. The van der Waals surface area contributed by atoms with Crippen LogP contribution in [0.2, 0.25) is 0 Å². The normalized spacial score (nSPS) is 11.2. The van der Waals surface area contributed by atoms with Crippen LogP contribution in [0, 0.1) is 6.92 Å². The average molecular weight is 441 g/mol. The molecule has 1 amide bonds. The van der Waals surface area contributed by atoms with E-state index < -0.39 is 10.0 Å². The summed E-state index contributed by atoms with van der Waals surface area (Å²) in [6, 6.07) is 22.9. The van der Waals surface area contributed by atoms with Gasteiger partial charge in [-0.05, 0) is 61.7 Å². The first-order valence-corrected chi connectivity index (χ1v) is 12.0. The summed E-state index contributed by atoms with van der Waals surface area (Å²) in [5.74, 6) is -0.328. The molecule has 0 N–H and O–H groups in total. The van der Waals surface area contributed by atoms with Gasteiger partial charge >= 0.3 is 0 Å². The van der Waals surface area contributed by atoms with Gasteiger partial charge in [-0.15, -0.1) is 11.8 Å². The molecular weight excluding hydrogens is 416 g/mol. The lowest BCUT2D eigenvalue weighted by Gasteiger charge is -2.27. The first-order chi connectivity index (χ1) is 14.3. The molecule has 0 atom stereocenters. The summed E-state index contributed by atoms with van der Waals surface area (Å²) >= 11 is 1.54. The van der Waals surface area contributed by atoms with Crippen molar-refractivity contribution in [2.75, 3.05) is 29.1 Å². The summed E-state index contributed by atoms with van der Waals surface area (Å²) in [6.45, 7) is 1.62. The maximum atomic E-state index is 13.5. The number of likely N-dealkylation sites (N-methyl/N-ethyl adjacent to an activating group) is 1. The van der Waals surface area contributed by atoms with E-state index in [4.69, 9.17) is 0 Å². The number of nitrogens with zero attached hydrogens (tertiary/aromatic N) is 2. The Morgan fingerprint density at radius 3 is 2.03 bits per heavy atom. The van der Waals surface area contributed by atoms with Crippen LogP contribution < -0.4 is 9.21 Å². The highest BCUT2D eigenvalue weighted by Crippen LogP contribution is 2.26. The predicted octanol–water partition coefficient (Wildman–Crippen LogP) is 4.58. The molecule has 3 aromatic carbocycles. The highest BCUT2D eigenvalue weighted by Gasteiger charge is 2.28. The predicted molar refractivity (Wildman–Crippen MR) is 124 cm³/mol. The van der Waals surface area contributed by atoms with E-state index in [1.54, 1.807) is 43.4 Å². The van der Waals surface area contributed by atoms with E-state index >= 15 is 0 Å². The molecule has 3 rings (SSSR count). The van der Waals surface area contributed by atoms with Crippen molar-refractivity contribution in [3.05, 3.63) is 84.4 Å². The number of sulfonamides is 1. The van der Waals surface area contributed by atoms with Crippen LogP contribution in [0.25, 0.3) is 0 Å². The fourth-order valence-corrected chi connectivity index (χ4v) is 4.75. The Bertz CT molecular complexity index is 1100. The van der Waals surface area contributed by atoms with Crippen molar-refractivity contribution >= 4 is 39.1 Å². The van der Waals surface area contributed by atoms with E-state index in [1.807, 2.05) is 55.6 Å². The maximum absolute atomic E-state index is 13.5. The van der Waals surface area contributed by atoms with Crippen molar-refractivity contribution in [2.24, 2.45) is 0 Å². The summed E-state index contributed by atoms with van der Waals surface area (Å²) in [6.07, 6.45) is 1.93. The van der Waals surface area contributed by atoms with Gasteiger partial charge in [0.2, 0.25) is 5.91 Å². The molecule has 3 aromatic rings. The Kier molecular flexibility index (Phi) is 6.84. The number of hydrogen-bond acceptors (Lipinski definition) is 4. The van der Waals surface area contributed by atoms with Crippen molar-refractivity contribution in [3.63, 3.8) is 0 Å². The number of rotatable bonds is 7. The third-order valence-corrected chi connectivity index (χ3v) is 7.30. The van der Waals surface area contributed by atoms with Gasteiger partial charge < -0.3 is 4.90 Å². The summed E-state index contributed by atoms with van der Waals surface area (Å²) in [4.78, 5) is 15.6. The quantitative estimate of drug-likeness (QED) is 0.505. The zero-order valence-electron chi connectivity index (χ0n) is 17.1. The molecule has 0 radical (unpaired) electrons. The van der Waals surface area contributed by atoms with E-state index in [1.165, 1.54) is 21.0 Å². The molecule has 0 aliphatic heterocycles. The maximum Gasteiger partial charge on any atom is 0.264 e. The van der Waals surface area contributed by atoms with Gasteiger partial charge in [-0.25, -0.2) is 8.42 Å². The molecule has 0 fully saturated rings. The van der Waals surface area contributed by atoms with Crippen LogP contribution in [0.1, 0.15) is 5.56 Å². The molecule has 30 heavy (non-hydrogen) atoms. The molecule has 0 aliphatic carbocycles. The van der Waals surface area contributed by atoms with Crippen LogP contribution in [0.4, 0.5) is 11.4 Å². The average Bonchev–Trinajstić information content (AvgIpc) is 2.78. The Labute approximate surface area is 182 Å². The van der Waals surface area contributed by atoms with Gasteiger partial charge in [0, 0.05) is 17.6 Å². The van der Waals surface area contributed by atoms with Crippen LogP contribution in [0.15, 0.2) is 88.7 Å². The zero-order valence-corrected chi connectivity index (χ0v) is 18.8. The molecule has 0 aliphatic rings. The van der Waals surface area contributed by atoms with Gasteiger partial charge in [-0.1, -0.05) is 35.9 Å². The van der Waals surface area contributed by atoms with Crippen molar-refractivity contribution in [2.45, 2.75) is 16.7 Å². The Balaban J connectivity index is 1.97. The van der Waals surface area contributed by atoms with Crippen LogP contribution in [-0.2, 0) is 14.8 Å². The van der Waals surface area contributed by atoms with Gasteiger partial charge in [0.25, 0.3) is 10.0 Å². The number of anilines is 2. The molecule has 0 spiro atoms. The highest BCUT2D eigenvalue weighted by atomic mass is 32.2. The molecule has 5 nitrogen and oxygen atoms in total. The molecule has 156 valence electrons. The molecule has 0 saturated carbocycles. The minimum atomic E-state index is -3.93. The second-order valence-corrected chi connectivity index (χ2v) is 9.55. The number of benzene rings is 3. The SMILES string of the molecule is CSc1ccc(S(=O)(=O)N(CC(=O)N(C)c2ccccc2)c2ccc(C)cc2)cc1. The lowest BCUT2D eigenvalue weighted by atomic mass is 10.2. The van der Waals surface area contributed by atoms with Gasteiger partial charge in [0.1, 0.15) is 6.54 Å². The molecule has 0 bridgehead atoms. The zero-order chi connectivity index (χ0) is 21.7. The van der Waals surface area contributed by atoms with E-state index in [0.717, 1.165) is 10.5 Å². The van der Waals surface area contributed by atoms with Crippen LogP contribution in [-0.4, -0.2) is 34.2 Å². The Hall–Kier alpha value is -2.77. The number of carbonyl (C=O) groups excluding carboxylic acids is 1. The smallest absolute Gasteiger partial charge is 0.264 e. The monoisotopic (exact) mass is 440 g/mol. The molecule has 7 heteroatoms. The summed E-state index contributed by atoms with van der Waals surface area (Å²) in [5, 5.41) is 0. The van der Waals surface area contributed by atoms with Crippen molar-refractivity contribution < 1.29 is 13.2 Å². The molecular formula is C23H24N2O3S2. The molecule has 0 aromatic heterocycles. The van der Waals surface area contributed by atoms with Crippen LogP contribution in [0.5, 0.6) is 0 Å². The highest BCUT2D eigenvalue weighted by molar-refractivity contribution is 7.98. The standard InChI is InChI=1S/C23H24N2O3S2/c1-18-9-11-20(12-10-18)25(17-23(26)24(2)19-7-5-4-6-8-19)30(27,28)22-15-13-21(29-3)14-16-22/h4-16H,17H2,1-3H3. The fourth-order valence-electron chi connectivity index (χ4n) is 2.93. The number of carbonyl (C=O) groups is 1. The third-order valence-electron chi connectivity index (χ3n) is 4.77. The Morgan fingerprint density at radius 1 is 0.867 bits per heavy atom. The summed E-state index contributed by atoms with van der Waals surface area (Å²) in [5.41, 5.74) is 2.16. The minimum absolute atomic E-state index is 0.149. The van der Waals surface area contributed by atoms with Gasteiger partial charge in [-0.2, -0.15) is 0 Å². The Morgan fingerprint density at radius 2 is 1.47 bits per heavy atom. The lowest BCUT2D eigenvalue weighted by molar-refractivity contribution is -0.116. The minimum Gasteiger partial charge on any atom is -0.314 e. The van der Waals surface area contributed by atoms with E-state index in [0.29, 0.717) is 11.4 Å². The first-order valence-electron chi connectivity index (χ1n) is 9.38. The van der Waals surface area contributed by atoms with E-state index in [9.17, 15) is 13.2 Å². The van der Waals surface area contributed by atoms with Crippen LogP contribution >= 0.6 is 11.8 Å². The largest absolute Gasteiger partial charge is 0.314 e. The fraction of sp³-hybridized carbons (Fsp3) is 0.174. The third kappa shape index (κ3) is 4.86. The number of amides is 1. The number of aryl methyl sites for hydroxylation is 1. The first kappa shape index (κ1) is 21.9. The van der Waals surface area contributed by atoms with E-state index in [2.05, 4.69) is 0 Å². The second kappa shape index (κ2) is 9.36. The van der Waals surface area contributed by atoms with Crippen molar-refractivity contribution in [1.29, 1.82) is 0 Å². The van der Waals surface area contributed by atoms with E-state index in [-0.39, 0.29) is 17.3 Å². The lowest BCUT2D eigenvalue weighted by Crippen LogP contribution is -2.41. The van der Waals surface area contributed by atoms with Crippen LogP contribution in [0.3, 0.4) is 0 Å². The summed E-state index contributed by atoms with van der Waals surface area (Å²) in [7, 11) is -2.28. The number of para-hydroxylation sites is 1. The number of thioether (sulfide) groups is 1. The van der Waals surface area contributed by atoms with Crippen molar-refractivity contribution in [1.82, 2.24) is 0 Å². The topological polar surface area (TPSA) is 57.7 Å². The molecule has 0 unspecified atom stereocenters. The van der Waals surface area contributed by atoms with Gasteiger partial charge in [-0.3, -0.25) is 9.10 Å². The van der Waals surface area contributed by atoms with Crippen molar-refractivity contribution in [3.8, 4) is 0 Å².